The molecule has 1 saturated heterocycles. The average Bonchev–Trinajstić information content (AvgIpc) is 2.94. The van der Waals surface area contributed by atoms with Crippen molar-refractivity contribution in [1.82, 2.24) is 9.80 Å². The number of hydrogen-bond donors (Lipinski definition) is 0. The van der Waals surface area contributed by atoms with Gasteiger partial charge in [0.15, 0.2) is 0 Å². The summed E-state index contributed by atoms with van der Waals surface area (Å²) in [6.07, 6.45) is 0.895. The molecule has 4 nitrogen and oxygen atoms in total. The molecular weight excluding hydrogens is 542 g/mol. The van der Waals surface area contributed by atoms with Crippen LogP contribution in [0.15, 0.2) is 94.9 Å². The van der Waals surface area contributed by atoms with E-state index < -0.39 is 0 Å². The van der Waals surface area contributed by atoms with Crippen molar-refractivity contribution < 1.29 is 4.39 Å². The molecule has 204 valence electrons. The lowest BCUT2D eigenvalue weighted by atomic mass is 10.1. The van der Waals surface area contributed by atoms with Crippen LogP contribution in [0, 0.1) is 26.6 Å². The van der Waals surface area contributed by atoms with Gasteiger partial charge < -0.3 is 9.80 Å². The number of nitrogens with zero attached hydrogens (tertiary/aromatic N) is 4. The van der Waals surface area contributed by atoms with Crippen LogP contribution in [0.2, 0.25) is 10.0 Å². The monoisotopic (exact) mass is 572 g/mol. The summed E-state index contributed by atoms with van der Waals surface area (Å²) in [7, 11) is 0. The number of para-hydroxylation sites is 1. The highest BCUT2D eigenvalue weighted by Crippen LogP contribution is 2.33. The van der Waals surface area contributed by atoms with Crippen LogP contribution >= 0.6 is 23.2 Å². The molecule has 0 aromatic heterocycles. The van der Waals surface area contributed by atoms with Crippen LogP contribution < -0.4 is 0 Å². The highest BCUT2D eigenvalue weighted by Gasteiger charge is 2.26. The van der Waals surface area contributed by atoms with Crippen LogP contribution in [-0.4, -0.2) is 41.2 Å². The van der Waals surface area contributed by atoms with E-state index in [1.54, 1.807) is 18.2 Å². The molecule has 0 amide bonds. The molecule has 1 heterocycles. The van der Waals surface area contributed by atoms with Crippen molar-refractivity contribution in [2.75, 3.05) is 19.8 Å². The van der Waals surface area contributed by atoms with Crippen molar-refractivity contribution in [2.45, 2.75) is 27.2 Å². The fraction of sp³-hybridized carbons (Fsp3) is 0.212. The third-order valence-corrected chi connectivity index (χ3v) is 7.53. The lowest BCUT2D eigenvalue weighted by Gasteiger charge is -2.39. The minimum absolute atomic E-state index is 0.295. The first-order chi connectivity index (χ1) is 19.3. The number of hydrogen-bond acceptors (Lipinski definition) is 2. The van der Waals surface area contributed by atoms with Gasteiger partial charge >= 0.3 is 0 Å². The Morgan fingerprint density at radius 1 is 0.675 bits per heavy atom. The van der Waals surface area contributed by atoms with Crippen molar-refractivity contribution in [1.29, 1.82) is 0 Å². The summed E-state index contributed by atoms with van der Waals surface area (Å²) in [5, 5.41) is 1.03. The van der Waals surface area contributed by atoms with Gasteiger partial charge in [-0.3, -0.25) is 0 Å². The zero-order chi connectivity index (χ0) is 28.2. The molecule has 7 heteroatoms. The predicted molar refractivity (Wildman–Crippen MR) is 165 cm³/mol. The maximum Gasteiger partial charge on any atom is 0.138 e. The summed E-state index contributed by atoms with van der Waals surface area (Å²) in [6, 6.07) is 26.5. The van der Waals surface area contributed by atoms with Crippen LogP contribution in [-0.2, 0) is 0 Å². The lowest BCUT2D eigenvalue weighted by molar-refractivity contribution is 0.214. The number of amidine groups is 2. The molecule has 0 radical (unpaired) electrons. The summed E-state index contributed by atoms with van der Waals surface area (Å²) >= 11 is 12.8. The standard InChI is InChI=1S/C33H31Cl2FN4/c1-22-9-7-10-23(2)30(22)37-32(25-11-5-4-6-12-25)39-17-8-18-40(21-39)33(26-13-15-28(36)16-14-26)38-31-24(3)19-27(34)20-29(31)35/h4-7,9-16,19-20H,8,17-18,21H2,1-3H3. The number of halogens is 3. The zero-order valence-corrected chi connectivity index (χ0v) is 24.3. The Morgan fingerprint density at radius 2 is 1.25 bits per heavy atom. The van der Waals surface area contributed by atoms with E-state index in [4.69, 9.17) is 33.2 Å². The van der Waals surface area contributed by atoms with E-state index in [0.29, 0.717) is 22.4 Å². The number of benzene rings is 4. The molecule has 0 saturated carbocycles. The van der Waals surface area contributed by atoms with E-state index in [-0.39, 0.29) is 5.82 Å². The number of aliphatic imine (C=N–C) groups is 2. The SMILES string of the molecule is Cc1cccc(C)c1N=C(c1ccccc1)N1CCCN(C(=Nc2c(C)cc(Cl)cc2Cl)c2ccc(F)cc2)C1. The molecule has 4 aromatic rings. The molecular formula is C33H31Cl2FN4. The third-order valence-electron chi connectivity index (χ3n) is 7.02. The normalized spacial score (nSPS) is 14.6. The Morgan fingerprint density at radius 3 is 1.85 bits per heavy atom. The van der Waals surface area contributed by atoms with Crippen molar-refractivity contribution in [3.8, 4) is 0 Å². The Balaban J connectivity index is 1.59. The highest BCUT2D eigenvalue weighted by atomic mass is 35.5. The molecule has 4 aromatic carbocycles. The highest BCUT2D eigenvalue weighted by molar-refractivity contribution is 6.36. The summed E-state index contributed by atoms with van der Waals surface area (Å²) in [6.45, 7) is 8.29. The quantitative estimate of drug-likeness (QED) is 0.180. The zero-order valence-electron chi connectivity index (χ0n) is 22.8. The van der Waals surface area contributed by atoms with Crippen molar-refractivity contribution >= 4 is 46.2 Å². The van der Waals surface area contributed by atoms with Gasteiger partial charge in [0.05, 0.1) is 23.1 Å². The molecule has 1 aliphatic rings. The van der Waals surface area contributed by atoms with Gasteiger partial charge in [-0.05, 0) is 80.3 Å². The van der Waals surface area contributed by atoms with Crippen molar-refractivity contribution in [3.63, 3.8) is 0 Å². The van der Waals surface area contributed by atoms with Crippen LogP contribution in [0.4, 0.5) is 15.8 Å². The second kappa shape index (κ2) is 12.2. The summed E-state index contributed by atoms with van der Waals surface area (Å²) in [5.41, 5.74) is 6.61. The summed E-state index contributed by atoms with van der Waals surface area (Å²) in [4.78, 5) is 14.8. The molecule has 0 N–H and O–H groups in total. The van der Waals surface area contributed by atoms with Gasteiger partial charge in [0, 0.05) is 29.2 Å². The van der Waals surface area contributed by atoms with Gasteiger partial charge in [-0.2, -0.15) is 0 Å². The molecule has 0 bridgehead atoms. The third kappa shape index (κ3) is 6.22. The number of rotatable bonds is 4. The van der Waals surface area contributed by atoms with E-state index in [9.17, 15) is 4.39 Å². The molecule has 0 aliphatic carbocycles. The molecule has 1 fully saturated rings. The van der Waals surface area contributed by atoms with E-state index in [1.807, 2.05) is 31.2 Å². The molecule has 1 aliphatic heterocycles. The molecule has 40 heavy (non-hydrogen) atoms. The first-order valence-corrected chi connectivity index (χ1v) is 14.1. The first-order valence-electron chi connectivity index (χ1n) is 13.3. The van der Waals surface area contributed by atoms with E-state index >= 15 is 0 Å². The van der Waals surface area contributed by atoms with Gasteiger partial charge in [-0.15, -0.1) is 0 Å². The van der Waals surface area contributed by atoms with Crippen molar-refractivity contribution in [2.24, 2.45) is 9.98 Å². The van der Waals surface area contributed by atoms with Gasteiger partial charge in [0.1, 0.15) is 17.5 Å². The fourth-order valence-electron chi connectivity index (χ4n) is 5.00. The molecule has 0 unspecified atom stereocenters. The molecule has 5 rings (SSSR count). The van der Waals surface area contributed by atoms with Crippen LogP contribution in [0.25, 0.3) is 0 Å². The van der Waals surface area contributed by atoms with E-state index in [1.165, 1.54) is 12.1 Å². The van der Waals surface area contributed by atoms with Gasteiger partial charge in [0.2, 0.25) is 0 Å². The summed E-state index contributed by atoms with van der Waals surface area (Å²) < 4.78 is 13.9. The van der Waals surface area contributed by atoms with Gasteiger partial charge in [-0.25, -0.2) is 14.4 Å². The smallest absolute Gasteiger partial charge is 0.138 e. The number of aryl methyl sites for hydroxylation is 3. The topological polar surface area (TPSA) is 31.2 Å². The lowest BCUT2D eigenvalue weighted by Crippen LogP contribution is -2.50. The Hall–Kier alpha value is -3.67. The maximum atomic E-state index is 13.9. The second-order valence-electron chi connectivity index (χ2n) is 10.1. The van der Waals surface area contributed by atoms with Crippen LogP contribution in [0.1, 0.15) is 34.2 Å². The Kier molecular flexibility index (Phi) is 8.53. The Bertz CT molecular complexity index is 1520. The van der Waals surface area contributed by atoms with Gasteiger partial charge in [0.25, 0.3) is 0 Å². The minimum Gasteiger partial charge on any atom is -0.338 e. The van der Waals surface area contributed by atoms with Gasteiger partial charge in [-0.1, -0.05) is 71.7 Å². The van der Waals surface area contributed by atoms with E-state index in [0.717, 1.165) is 64.7 Å². The average molecular weight is 574 g/mol. The predicted octanol–water partition coefficient (Wildman–Crippen LogP) is 8.88. The fourth-order valence-corrected chi connectivity index (χ4v) is 5.64. The minimum atomic E-state index is -0.295. The first kappa shape index (κ1) is 27.9. The van der Waals surface area contributed by atoms with E-state index in [2.05, 4.69) is 54.0 Å². The van der Waals surface area contributed by atoms with Crippen LogP contribution in [0.5, 0.6) is 0 Å². The molecule has 0 spiro atoms. The largest absolute Gasteiger partial charge is 0.338 e. The maximum absolute atomic E-state index is 13.9. The Labute approximate surface area is 245 Å². The second-order valence-corrected chi connectivity index (χ2v) is 10.9. The molecule has 0 atom stereocenters. The summed E-state index contributed by atoms with van der Waals surface area (Å²) in [5.74, 6) is 1.33. The van der Waals surface area contributed by atoms with Crippen molar-refractivity contribution in [3.05, 3.63) is 129 Å². The van der Waals surface area contributed by atoms with Crippen LogP contribution in [0.3, 0.4) is 0 Å².